The maximum absolute atomic E-state index is 9.42. The average Bonchev–Trinajstić information content (AvgIpc) is 2.55. The Kier molecular flexibility index (Phi) is 5.16. The number of thioether (sulfide) groups is 1. The van der Waals surface area contributed by atoms with Crippen LogP contribution in [0.25, 0.3) is 0 Å². The number of benzene rings is 1. The molecule has 2 aromatic rings. The molecule has 1 aromatic carbocycles. The second-order valence-corrected chi connectivity index (χ2v) is 7.72. The molecule has 1 unspecified atom stereocenters. The van der Waals surface area contributed by atoms with Gasteiger partial charge in [-0.25, -0.2) is 4.98 Å². The molecule has 118 valence electrons. The molecule has 0 fully saturated rings. The topological polar surface area (TPSA) is 36.7 Å². The molecule has 1 heterocycles. The van der Waals surface area contributed by atoms with Crippen molar-refractivity contribution in [2.45, 2.75) is 37.0 Å². The molecule has 1 atom stereocenters. The highest BCUT2D eigenvalue weighted by Gasteiger charge is 2.19. The summed E-state index contributed by atoms with van der Waals surface area (Å²) in [4.78, 5) is 4.75. The minimum atomic E-state index is 0.553. The highest BCUT2D eigenvalue weighted by Crippen LogP contribution is 2.32. The third-order valence-corrected chi connectivity index (χ3v) is 5.88. The molecule has 0 aliphatic heterocycles. The van der Waals surface area contributed by atoms with Crippen LogP contribution in [0.2, 0.25) is 10.0 Å². The van der Waals surface area contributed by atoms with Gasteiger partial charge in [0.05, 0.1) is 15.6 Å². The number of halogens is 2. The van der Waals surface area contributed by atoms with Crippen molar-refractivity contribution >= 4 is 35.0 Å². The summed E-state index contributed by atoms with van der Waals surface area (Å²) in [5, 5.41) is 11.3. The summed E-state index contributed by atoms with van der Waals surface area (Å²) in [7, 11) is 0. The first-order chi connectivity index (χ1) is 11.1. The van der Waals surface area contributed by atoms with Crippen molar-refractivity contribution in [2.24, 2.45) is 5.92 Å². The van der Waals surface area contributed by atoms with Gasteiger partial charge in [-0.2, -0.15) is 5.26 Å². The van der Waals surface area contributed by atoms with Gasteiger partial charge in [-0.15, -0.1) is 11.8 Å². The van der Waals surface area contributed by atoms with E-state index in [2.05, 4.69) is 13.0 Å². The third-order valence-electron chi connectivity index (χ3n) is 4.08. The highest BCUT2D eigenvalue weighted by atomic mass is 35.5. The normalized spacial score (nSPS) is 16.7. The third kappa shape index (κ3) is 3.83. The van der Waals surface area contributed by atoms with Crippen LogP contribution in [-0.2, 0) is 18.6 Å². The van der Waals surface area contributed by atoms with E-state index in [0.29, 0.717) is 27.3 Å². The van der Waals surface area contributed by atoms with Gasteiger partial charge in [-0.1, -0.05) is 36.2 Å². The van der Waals surface area contributed by atoms with Crippen molar-refractivity contribution in [3.05, 3.63) is 56.7 Å². The summed E-state index contributed by atoms with van der Waals surface area (Å²) < 4.78 is 0. The second-order valence-electron chi connectivity index (χ2n) is 5.94. The monoisotopic (exact) mass is 362 g/mol. The van der Waals surface area contributed by atoms with Crippen molar-refractivity contribution in [1.29, 1.82) is 5.26 Å². The standard InChI is InChI=1S/C18H16Cl2N2S/c1-11-2-5-17-13(6-11)8-14(9-21)18(22-17)23-10-12-3-4-15(19)16(20)7-12/h3-4,7-8,11H,2,5-6,10H2,1H3. The first-order valence-corrected chi connectivity index (χ1v) is 9.30. The molecule has 5 heteroatoms. The minimum Gasteiger partial charge on any atom is -0.245 e. The molecular formula is C18H16Cl2N2S. The van der Waals surface area contributed by atoms with E-state index in [4.69, 9.17) is 28.2 Å². The number of fused-ring (bicyclic) bond motifs is 1. The van der Waals surface area contributed by atoms with Crippen LogP contribution in [0.4, 0.5) is 0 Å². The number of pyridine rings is 1. The Morgan fingerprint density at radius 2 is 2.13 bits per heavy atom. The zero-order valence-corrected chi connectivity index (χ0v) is 15.1. The molecule has 3 rings (SSSR count). The van der Waals surface area contributed by atoms with Gasteiger partial charge < -0.3 is 0 Å². The fraction of sp³-hybridized carbons (Fsp3) is 0.333. The summed E-state index contributed by atoms with van der Waals surface area (Å²) in [5.41, 5.74) is 4.13. The van der Waals surface area contributed by atoms with Crippen LogP contribution in [0.1, 0.15) is 35.7 Å². The Balaban J connectivity index is 1.82. The maximum atomic E-state index is 9.42. The van der Waals surface area contributed by atoms with E-state index >= 15 is 0 Å². The van der Waals surface area contributed by atoms with Crippen LogP contribution < -0.4 is 0 Å². The van der Waals surface area contributed by atoms with E-state index in [1.807, 2.05) is 18.2 Å². The quantitative estimate of drug-likeness (QED) is 0.659. The summed E-state index contributed by atoms with van der Waals surface area (Å²) >= 11 is 13.6. The van der Waals surface area contributed by atoms with Crippen LogP contribution >= 0.6 is 35.0 Å². The largest absolute Gasteiger partial charge is 0.245 e. The fourth-order valence-corrected chi connectivity index (χ4v) is 4.04. The maximum Gasteiger partial charge on any atom is 0.114 e. The predicted molar refractivity (Wildman–Crippen MR) is 96.2 cm³/mol. The fourth-order valence-electron chi connectivity index (χ4n) is 2.80. The van der Waals surface area contributed by atoms with Crippen molar-refractivity contribution in [1.82, 2.24) is 4.98 Å². The van der Waals surface area contributed by atoms with Crippen LogP contribution in [0, 0.1) is 17.2 Å². The Bertz CT molecular complexity index is 783. The number of hydrogen-bond acceptors (Lipinski definition) is 3. The van der Waals surface area contributed by atoms with Crippen LogP contribution in [0.5, 0.6) is 0 Å². The van der Waals surface area contributed by atoms with E-state index in [1.165, 1.54) is 12.0 Å². The smallest absolute Gasteiger partial charge is 0.114 e. The SMILES string of the molecule is CC1CCc2nc(SCc3ccc(Cl)c(Cl)c3)c(C#N)cc2C1. The highest BCUT2D eigenvalue weighted by molar-refractivity contribution is 7.98. The molecule has 2 nitrogen and oxygen atoms in total. The molecule has 0 saturated carbocycles. The summed E-state index contributed by atoms with van der Waals surface area (Å²) in [6.07, 6.45) is 3.19. The van der Waals surface area contributed by atoms with Crippen LogP contribution in [-0.4, -0.2) is 4.98 Å². The molecule has 0 N–H and O–H groups in total. The summed E-state index contributed by atoms with van der Waals surface area (Å²) in [6, 6.07) is 9.92. The lowest BCUT2D eigenvalue weighted by Crippen LogP contribution is -2.14. The molecular weight excluding hydrogens is 347 g/mol. The van der Waals surface area contributed by atoms with E-state index in [1.54, 1.807) is 17.8 Å². The number of nitrogens with zero attached hydrogens (tertiary/aromatic N) is 2. The Hall–Kier alpha value is -1.21. The lowest BCUT2D eigenvalue weighted by atomic mass is 9.87. The second kappa shape index (κ2) is 7.13. The number of aromatic nitrogens is 1. The van der Waals surface area contributed by atoms with Gasteiger partial charge in [-0.3, -0.25) is 0 Å². The van der Waals surface area contributed by atoms with Gasteiger partial charge in [0.2, 0.25) is 0 Å². The van der Waals surface area contributed by atoms with E-state index in [-0.39, 0.29) is 0 Å². The molecule has 1 aliphatic carbocycles. The zero-order valence-electron chi connectivity index (χ0n) is 12.8. The first kappa shape index (κ1) is 16.6. The number of aryl methyl sites for hydroxylation is 1. The molecule has 23 heavy (non-hydrogen) atoms. The summed E-state index contributed by atoms with van der Waals surface area (Å²) in [6.45, 7) is 2.25. The van der Waals surface area contributed by atoms with Crippen LogP contribution in [0.15, 0.2) is 29.3 Å². The Morgan fingerprint density at radius 3 is 2.87 bits per heavy atom. The van der Waals surface area contributed by atoms with E-state index in [9.17, 15) is 5.26 Å². The van der Waals surface area contributed by atoms with Crippen LogP contribution in [0.3, 0.4) is 0 Å². The molecule has 0 radical (unpaired) electrons. The minimum absolute atomic E-state index is 0.553. The molecule has 1 aromatic heterocycles. The molecule has 0 bridgehead atoms. The summed E-state index contributed by atoms with van der Waals surface area (Å²) in [5.74, 6) is 1.39. The van der Waals surface area contributed by atoms with Gasteiger partial charge in [0.25, 0.3) is 0 Å². The molecule has 1 aliphatic rings. The van der Waals surface area contributed by atoms with Crippen molar-refractivity contribution in [2.75, 3.05) is 0 Å². The lowest BCUT2D eigenvalue weighted by molar-refractivity contribution is 0.491. The Morgan fingerprint density at radius 1 is 1.30 bits per heavy atom. The first-order valence-electron chi connectivity index (χ1n) is 7.56. The number of hydrogen-bond donors (Lipinski definition) is 0. The van der Waals surface area contributed by atoms with Crippen molar-refractivity contribution in [3.8, 4) is 6.07 Å². The van der Waals surface area contributed by atoms with Crippen molar-refractivity contribution in [3.63, 3.8) is 0 Å². The van der Waals surface area contributed by atoms with E-state index in [0.717, 1.165) is 29.1 Å². The number of rotatable bonds is 3. The van der Waals surface area contributed by atoms with Gasteiger partial charge in [0.15, 0.2) is 0 Å². The van der Waals surface area contributed by atoms with Crippen molar-refractivity contribution < 1.29 is 0 Å². The number of nitriles is 1. The average molecular weight is 363 g/mol. The molecule has 0 saturated heterocycles. The Labute approximate surface area is 150 Å². The molecule has 0 spiro atoms. The van der Waals surface area contributed by atoms with Gasteiger partial charge in [0.1, 0.15) is 11.1 Å². The van der Waals surface area contributed by atoms with Gasteiger partial charge in [-0.05, 0) is 54.5 Å². The lowest BCUT2D eigenvalue weighted by Gasteiger charge is -2.21. The zero-order chi connectivity index (χ0) is 16.4. The van der Waals surface area contributed by atoms with E-state index < -0.39 is 0 Å². The predicted octanol–water partition coefficient (Wildman–Crippen LogP) is 5.68. The van der Waals surface area contributed by atoms with Gasteiger partial charge in [0, 0.05) is 11.4 Å². The van der Waals surface area contributed by atoms with Gasteiger partial charge >= 0.3 is 0 Å². The molecule has 0 amide bonds.